The molecular formula is C11H10O3. The predicted molar refractivity (Wildman–Crippen MR) is 52.2 cm³/mol. The monoisotopic (exact) mass is 190 g/mol. The van der Waals surface area contributed by atoms with Crippen molar-refractivity contribution < 1.29 is 14.3 Å². The molecule has 0 atom stereocenters. The zero-order valence-corrected chi connectivity index (χ0v) is 6.69. The van der Waals surface area contributed by atoms with E-state index in [1.54, 1.807) is 24.3 Å². The summed E-state index contributed by atoms with van der Waals surface area (Å²) in [5.41, 5.74) is 1.03. The van der Waals surface area contributed by atoms with Gasteiger partial charge in [-0.25, -0.2) is 9.59 Å². The number of benzene rings is 1. The summed E-state index contributed by atoms with van der Waals surface area (Å²) in [6.07, 6.45) is 1.21. The molecule has 0 saturated heterocycles. The number of esters is 2. The van der Waals surface area contributed by atoms with Crippen LogP contribution in [0.1, 0.15) is 13.0 Å². The Morgan fingerprint density at radius 2 is 1.64 bits per heavy atom. The first-order valence-corrected chi connectivity index (χ1v) is 3.80. The Hall–Kier alpha value is -1.90. The van der Waals surface area contributed by atoms with Crippen LogP contribution in [0.3, 0.4) is 0 Å². The van der Waals surface area contributed by atoms with E-state index in [4.69, 9.17) is 0 Å². The van der Waals surface area contributed by atoms with Crippen LogP contribution < -0.4 is 0 Å². The first-order chi connectivity index (χ1) is 6.27. The molecular weight excluding hydrogens is 180 g/mol. The maximum atomic E-state index is 11.1. The van der Waals surface area contributed by atoms with Crippen LogP contribution in [-0.2, 0) is 14.3 Å². The van der Waals surface area contributed by atoms with Crippen molar-refractivity contribution in [3.8, 4) is 0 Å². The lowest BCUT2D eigenvalue weighted by molar-refractivity contribution is -0.149. The van der Waals surface area contributed by atoms with Gasteiger partial charge in [-0.3, -0.25) is 0 Å². The molecule has 0 amide bonds. The molecule has 1 heterocycles. The number of carbonyl (C=O) groups excluding carboxylic acids is 2. The SMILES string of the molecule is C.O=C1C=C(c2ccccc2)C(=O)O1. The minimum Gasteiger partial charge on any atom is -0.386 e. The van der Waals surface area contributed by atoms with Crippen molar-refractivity contribution in [1.29, 1.82) is 0 Å². The van der Waals surface area contributed by atoms with Crippen molar-refractivity contribution in [1.82, 2.24) is 0 Å². The Balaban J connectivity index is 0.000000980. The number of hydrogen-bond donors (Lipinski definition) is 0. The number of rotatable bonds is 1. The van der Waals surface area contributed by atoms with Crippen LogP contribution in [0.25, 0.3) is 5.57 Å². The van der Waals surface area contributed by atoms with Crippen molar-refractivity contribution in [2.45, 2.75) is 7.43 Å². The quantitative estimate of drug-likeness (QED) is 0.501. The second-order valence-electron chi connectivity index (χ2n) is 2.63. The van der Waals surface area contributed by atoms with Crippen molar-refractivity contribution in [2.75, 3.05) is 0 Å². The van der Waals surface area contributed by atoms with Crippen molar-refractivity contribution in [3.63, 3.8) is 0 Å². The third-order valence-corrected chi connectivity index (χ3v) is 1.76. The van der Waals surface area contributed by atoms with E-state index < -0.39 is 11.9 Å². The smallest absolute Gasteiger partial charge is 0.346 e. The molecule has 72 valence electrons. The minimum absolute atomic E-state index is 0. The second-order valence-corrected chi connectivity index (χ2v) is 2.63. The second kappa shape index (κ2) is 3.87. The molecule has 1 aliphatic rings. The zero-order chi connectivity index (χ0) is 9.26. The molecule has 0 aromatic heterocycles. The highest BCUT2D eigenvalue weighted by Gasteiger charge is 2.24. The standard InChI is InChI=1S/C10H6O3.CH4/c11-9-6-8(10(12)13-9)7-4-2-1-3-5-7;/h1-6H;1H4. The van der Waals surface area contributed by atoms with E-state index in [1.807, 2.05) is 6.07 Å². The van der Waals surface area contributed by atoms with Crippen LogP contribution in [0.15, 0.2) is 36.4 Å². The lowest BCUT2D eigenvalue weighted by Crippen LogP contribution is -2.00. The molecule has 0 spiro atoms. The normalized spacial score (nSPS) is 14.4. The van der Waals surface area contributed by atoms with E-state index in [2.05, 4.69) is 4.74 Å². The topological polar surface area (TPSA) is 43.4 Å². The Bertz CT molecular complexity index is 390. The van der Waals surface area contributed by atoms with E-state index in [0.29, 0.717) is 11.1 Å². The molecule has 1 aromatic carbocycles. The summed E-state index contributed by atoms with van der Waals surface area (Å²) in [5, 5.41) is 0. The molecule has 1 aliphatic heterocycles. The maximum Gasteiger partial charge on any atom is 0.346 e. The molecule has 3 nitrogen and oxygen atoms in total. The Kier molecular flexibility index (Phi) is 2.82. The molecule has 0 fully saturated rings. The van der Waals surface area contributed by atoms with Gasteiger partial charge in [-0.1, -0.05) is 37.8 Å². The summed E-state index contributed by atoms with van der Waals surface area (Å²) in [6, 6.07) is 8.95. The molecule has 1 aromatic rings. The van der Waals surface area contributed by atoms with Gasteiger partial charge in [0.25, 0.3) is 0 Å². The molecule has 0 radical (unpaired) electrons. The summed E-state index contributed by atoms with van der Waals surface area (Å²) < 4.78 is 4.36. The fourth-order valence-corrected chi connectivity index (χ4v) is 1.17. The summed E-state index contributed by atoms with van der Waals surface area (Å²) in [7, 11) is 0. The zero-order valence-electron chi connectivity index (χ0n) is 6.69. The number of carbonyl (C=O) groups is 2. The van der Waals surface area contributed by atoms with Gasteiger partial charge in [0.1, 0.15) is 0 Å². The summed E-state index contributed by atoms with van der Waals surface area (Å²) in [5.74, 6) is -1.17. The molecule has 3 heteroatoms. The fraction of sp³-hybridized carbons (Fsp3) is 0.0909. The molecule has 0 N–H and O–H groups in total. The predicted octanol–water partition coefficient (Wildman–Crippen LogP) is 1.79. The summed E-state index contributed by atoms with van der Waals surface area (Å²) >= 11 is 0. The molecule has 14 heavy (non-hydrogen) atoms. The third-order valence-electron chi connectivity index (χ3n) is 1.76. The molecule has 2 rings (SSSR count). The van der Waals surface area contributed by atoms with Crippen molar-refractivity contribution >= 4 is 17.5 Å². The van der Waals surface area contributed by atoms with Gasteiger partial charge < -0.3 is 4.74 Å². The van der Waals surface area contributed by atoms with E-state index in [1.165, 1.54) is 6.08 Å². The van der Waals surface area contributed by atoms with E-state index in [9.17, 15) is 9.59 Å². The van der Waals surface area contributed by atoms with Gasteiger partial charge in [-0.05, 0) is 5.56 Å². The molecule has 0 saturated carbocycles. The van der Waals surface area contributed by atoms with E-state index >= 15 is 0 Å². The Morgan fingerprint density at radius 1 is 1.00 bits per heavy atom. The average molecular weight is 190 g/mol. The fourth-order valence-electron chi connectivity index (χ4n) is 1.17. The van der Waals surface area contributed by atoms with E-state index in [0.717, 1.165) is 0 Å². The molecule has 0 aliphatic carbocycles. The minimum atomic E-state index is -0.594. The lowest BCUT2D eigenvalue weighted by Gasteiger charge is -1.96. The highest BCUT2D eigenvalue weighted by Crippen LogP contribution is 2.20. The highest BCUT2D eigenvalue weighted by molar-refractivity contribution is 6.28. The van der Waals surface area contributed by atoms with Crippen LogP contribution >= 0.6 is 0 Å². The summed E-state index contributed by atoms with van der Waals surface area (Å²) in [6.45, 7) is 0. The average Bonchev–Trinajstić information content (AvgIpc) is 2.47. The van der Waals surface area contributed by atoms with Crippen LogP contribution in [0.5, 0.6) is 0 Å². The maximum absolute atomic E-state index is 11.1. The molecule has 0 unspecified atom stereocenters. The van der Waals surface area contributed by atoms with Gasteiger partial charge in [0.15, 0.2) is 0 Å². The van der Waals surface area contributed by atoms with Crippen molar-refractivity contribution in [2.24, 2.45) is 0 Å². The van der Waals surface area contributed by atoms with Crippen LogP contribution in [-0.4, -0.2) is 11.9 Å². The number of cyclic esters (lactones) is 2. The largest absolute Gasteiger partial charge is 0.386 e. The Labute approximate surface area is 82.0 Å². The Morgan fingerprint density at radius 3 is 2.14 bits per heavy atom. The number of ether oxygens (including phenoxy) is 1. The number of hydrogen-bond acceptors (Lipinski definition) is 3. The van der Waals surface area contributed by atoms with Crippen molar-refractivity contribution in [3.05, 3.63) is 42.0 Å². The van der Waals surface area contributed by atoms with Crippen LogP contribution in [0, 0.1) is 0 Å². The van der Waals surface area contributed by atoms with Gasteiger partial charge in [0.2, 0.25) is 0 Å². The van der Waals surface area contributed by atoms with Gasteiger partial charge in [0, 0.05) is 6.08 Å². The third kappa shape index (κ3) is 1.71. The lowest BCUT2D eigenvalue weighted by atomic mass is 10.1. The van der Waals surface area contributed by atoms with Crippen LogP contribution in [0.4, 0.5) is 0 Å². The van der Waals surface area contributed by atoms with Gasteiger partial charge in [-0.2, -0.15) is 0 Å². The van der Waals surface area contributed by atoms with E-state index in [-0.39, 0.29) is 7.43 Å². The van der Waals surface area contributed by atoms with Gasteiger partial charge >= 0.3 is 11.9 Å². The molecule has 0 bridgehead atoms. The van der Waals surface area contributed by atoms with Gasteiger partial charge in [-0.15, -0.1) is 0 Å². The first kappa shape index (κ1) is 10.2. The first-order valence-electron chi connectivity index (χ1n) is 3.80. The summed E-state index contributed by atoms with van der Waals surface area (Å²) in [4.78, 5) is 21.8. The van der Waals surface area contributed by atoms with Crippen LogP contribution in [0.2, 0.25) is 0 Å². The highest BCUT2D eigenvalue weighted by atomic mass is 16.6. The van der Waals surface area contributed by atoms with Gasteiger partial charge in [0.05, 0.1) is 5.57 Å².